The fourth-order valence-corrected chi connectivity index (χ4v) is 3.55. The summed E-state index contributed by atoms with van der Waals surface area (Å²) in [6, 6.07) is 22.2. The van der Waals surface area contributed by atoms with Gasteiger partial charge in [0.2, 0.25) is 0 Å². The van der Waals surface area contributed by atoms with E-state index in [2.05, 4.69) is 41.4 Å². The van der Waals surface area contributed by atoms with Gasteiger partial charge in [-0.05, 0) is 68.7 Å². The van der Waals surface area contributed by atoms with Crippen LogP contribution >= 0.6 is 0 Å². The minimum absolute atomic E-state index is 0.151. The first-order valence-corrected chi connectivity index (χ1v) is 10.2. The fraction of sp³-hybridized carbons (Fsp3) is 0.200. The Labute approximate surface area is 176 Å². The molecule has 4 aromatic rings. The van der Waals surface area contributed by atoms with Crippen molar-refractivity contribution in [1.29, 1.82) is 0 Å². The molecule has 2 aromatic carbocycles. The number of H-pyrrole nitrogens is 1. The maximum absolute atomic E-state index is 12.5. The summed E-state index contributed by atoms with van der Waals surface area (Å²) in [5.41, 5.74) is 3.91. The molecule has 0 aliphatic carbocycles. The molecule has 0 saturated heterocycles. The van der Waals surface area contributed by atoms with E-state index in [-0.39, 0.29) is 5.56 Å². The van der Waals surface area contributed by atoms with Crippen LogP contribution in [0.4, 0.5) is 11.5 Å². The highest BCUT2D eigenvalue weighted by atomic mass is 16.1. The summed E-state index contributed by atoms with van der Waals surface area (Å²) in [4.78, 5) is 22.3. The lowest BCUT2D eigenvalue weighted by Gasteiger charge is -2.12. The first-order chi connectivity index (χ1) is 14.6. The lowest BCUT2D eigenvalue weighted by molar-refractivity contribution is 0.400. The SMILES string of the molecule is CN(C)CCCc1ccc(Nc2nc(-c3ccccc3)cc3cc[nH]c(=O)c23)cc1. The number of nitrogens with one attached hydrogen (secondary N) is 2. The van der Waals surface area contributed by atoms with Crippen LogP contribution < -0.4 is 10.9 Å². The van der Waals surface area contributed by atoms with Crippen LogP contribution in [0.1, 0.15) is 12.0 Å². The van der Waals surface area contributed by atoms with Crippen molar-refractivity contribution in [1.82, 2.24) is 14.9 Å². The van der Waals surface area contributed by atoms with Gasteiger partial charge in [0.1, 0.15) is 5.82 Å². The van der Waals surface area contributed by atoms with E-state index in [1.54, 1.807) is 6.20 Å². The van der Waals surface area contributed by atoms with Crippen LogP contribution in [0.2, 0.25) is 0 Å². The van der Waals surface area contributed by atoms with Crippen molar-refractivity contribution in [2.75, 3.05) is 26.0 Å². The Balaban J connectivity index is 1.65. The average molecular weight is 399 g/mol. The number of hydrogen-bond acceptors (Lipinski definition) is 4. The molecule has 0 saturated carbocycles. The Morgan fingerprint density at radius 3 is 2.50 bits per heavy atom. The predicted molar refractivity (Wildman–Crippen MR) is 124 cm³/mol. The zero-order valence-electron chi connectivity index (χ0n) is 17.4. The highest BCUT2D eigenvalue weighted by Crippen LogP contribution is 2.27. The van der Waals surface area contributed by atoms with Crippen LogP contribution in [0.3, 0.4) is 0 Å². The van der Waals surface area contributed by atoms with Crippen LogP contribution in [0.5, 0.6) is 0 Å². The number of aromatic nitrogens is 2. The van der Waals surface area contributed by atoms with E-state index < -0.39 is 0 Å². The lowest BCUT2D eigenvalue weighted by atomic mass is 10.1. The number of pyridine rings is 2. The van der Waals surface area contributed by atoms with Crippen LogP contribution in [0.25, 0.3) is 22.0 Å². The minimum atomic E-state index is -0.151. The maximum Gasteiger partial charge on any atom is 0.259 e. The van der Waals surface area contributed by atoms with Crippen molar-refractivity contribution in [2.24, 2.45) is 0 Å². The van der Waals surface area contributed by atoms with E-state index >= 15 is 0 Å². The molecule has 0 amide bonds. The third-order valence-corrected chi connectivity index (χ3v) is 5.11. The van der Waals surface area contributed by atoms with Gasteiger partial charge >= 0.3 is 0 Å². The zero-order valence-corrected chi connectivity index (χ0v) is 17.4. The second-order valence-electron chi connectivity index (χ2n) is 7.72. The van der Waals surface area contributed by atoms with E-state index in [4.69, 9.17) is 4.98 Å². The number of rotatable bonds is 7. The van der Waals surface area contributed by atoms with Crippen LogP contribution in [-0.2, 0) is 6.42 Å². The van der Waals surface area contributed by atoms with Gasteiger partial charge in [0.15, 0.2) is 0 Å². The summed E-state index contributed by atoms with van der Waals surface area (Å²) in [6.07, 6.45) is 3.84. The number of nitrogens with zero attached hydrogens (tertiary/aromatic N) is 2. The Hall–Kier alpha value is -3.44. The van der Waals surface area contributed by atoms with E-state index in [0.29, 0.717) is 11.2 Å². The van der Waals surface area contributed by atoms with E-state index in [1.165, 1.54) is 5.56 Å². The molecule has 0 fully saturated rings. The molecular formula is C25H26N4O. The molecule has 5 nitrogen and oxygen atoms in total. The van der Waals surface area contributed by atoms with Crippen molar-refractivity contribution >= 4 is 22.3 Å². The predicted octanol–water partition coefficient (Wildman–Crippen LogP) is 4.83. The van der Waals surface area contributed by atoms with E-state index in [9.17, 15) is 4.79 Å². The van der Waals surface area contributed by atoms with Crippen molar-refractivity contribution in [3.8, 4) is 11.3 Å². The third-order valence-electron chi connectivity index (χ3n) is 5.11. The number of fused-ring (bicyclic) bond motifs is 1. The Morgan fingerprint density at radius 1 is 1.00 bits per heavy atom. The van der Waals surface area contributed by atoms with Crippen LogP contribution in [0, 0.1) is 0 Å². The molecule has 4 rings (SSSR count). The monoisotopic (exact) mass is 398 g/mol. The minimum Gasteiger partial charge on any atom is -0.340 e. The van der Waals surface area contributed by atoms with Gasteiger partial charge in [-0.15, -0.1) is 0 Å². The second-order valence-corrected chi connectivity index (χ2v) is 7.72. The molecule has 2 N–H and O–H groups in total. The number of aromatic amines is 1. The Morgan fingerprint density at radius 2 is 1.77 bits per heavy atom. The van der Waals surface area contributed by atoms with Crippen LogP contribution in [-0.4, -0.2) is 35.5 Å². The summed E-state index contributed by atoms with van der Waals surface area (Å²) in [5.74, 6) is 0.563. The van der Waals surface area contributed by atoms with Gasteiger partial charge in [-0.3, -0.25) is 4.79 Å². The van der Waals surface area contributed by atoms with E-state index in [0.717, 1.165) is 41.7 Å². The summed E-state index contributed by atoms with van der Waals surface area (Å²) in [6.45, 7) is 1.07. The molecule has 0 radical (unpaired) electrons. The molecule has 0 spiro atoms. The molecular weight excluding hydrogens is 372 g/mol. The lowest BCUT2D eigenvalue weighted by Crippen LogP contribution is -2.13. The van der Waals surface area contributed by atoms with Gasteiger partial charge in [0.05, 0.1) is 11.1 Å². The second kappa shape index (κ2) is 8.93. The molecule has 2 aromatic heterocycles. The highest BCUT2D eigenvalue weighted by Gasteiger charge is 2.11. The van der Waals surface area contributed by atoms with Gasteiger partial charge in [-0.25, -0.2) is 4.98 Å². The summed E-state index contributed by atoms with van der Waals surface area (Å²) in [7, 11) is 4.19. The van der Waals surface area contributed by atoms with Crippen molar-refractivity contribution < 1.29 is 0 Å². The third kappa shape index (κ3) is 4.58. The van der Waals surface area contributed by atoms with Gasteiger partial charge in [0, 0.05) is 17.4 Å². The van der Waals surface area contributed by atoms with Gasteiger partial charge in [-0.2, -0.15) is 0 Å². The normalized spacial score (nSPS) is 11.2. The van der Waals surface area contributed by atoms with Crippen LogP contribution in [0.15, 0.2) is 77.7 Å². The maximum atomic E-state index is 12.5. The molecule has 0 aliphatic heterocycles. The van der Waals surface area contributed by atoms with Gasteiger partial charge in [-0.1, -0.05) is 42.5 Å². The van der Waals surface area contributed by atoms with Crippen molar-refractivity contribution in [3.05, 3.63) is 88.8 Å². The quantitative estimate of drug-likeness (QED) is 0.468. The topological polar surface area (TPSA) is 61.0 Å². The summed E-state index contributed by atoms with van der Waals surface area (Å²) in [5, 5.41) is 4.78. The summed E-state index contributed by atoms with van der Waals surface area (Å²) < 4.78 is 0. The number of benzene rings is 2. The Bertz CT molecular complexity index is 1180. The first-order valence-electron chi connectivity index (χ1n) is 10.2. The smallest absolute Gasteiger partial charge is 0.259 e. The number of hydrogen-bond donors (Lipinski definition) is 2. The molecule has 0 atom stereocenters. The molecule has 0 bridgehead atoms. The fourth-order valence-electron chi connectivity index (χ4n) is 3.55. The van der Waals surface area contributed by atoms with Gasteiger partial charge in [0.25, 0.3) is 5.56 Å². The first kappa shape index (κ1) is 19.9. The number of anilines is 2. The molecule has 0 unspecified atom stereocenters. The largest absolute Gasteiger partial charge is 0.340 e. The average Bonchev–Trinajstić information content (AvgIpc) is 2.75. The van der Waals surface area contributed by atoms with E-state index in [1.807, 2.05) is 54.6 Å². The molecule has 2 heterocycles. The zero-order chi connectivity index (χ0) is 20.9. The molecule has 30 heavy (non-hydrogen) atoms. The van der Waals surface area contributed by atoms with Crippen molar-refractivity contribution in [3.63, 3.8) is 0 Å². The number of aryl methyl sites for hydroxylation is 1. The molecule has 5 heteroatoms. The molecule has 0 aliphatic rings. The highest BCUT2D eigenvalue weighted by molar-refractivity contribution is 5.95. The standard InChI is InChI=1S/C25H26N4O/c1-29(2)16-6-7-18-10-12-21(13-11-18)27-24-23-20(14-15-26-25(23)30)17-22(28-24)19-8-4-3-5-9-19/h3-5,8-15,17H,6-7,16H2,1-2H3,(H,26,30)(H,27,28). The summed E-state index contributed by atoms with van der Waals surface area (Å²) >= 11 is 0. The molecule has 152 valence electrons. The Kier molecular flexibility index (Phi) is 5.91. The van der Waals surface area contributed by atoms with Crippen molar-refractivity contribution in [2.45, 2.75) is 12.8 Å². The van der Waals surface area contributed by atoms with Gasteiger partial charge < -0.3 is 15.2 Å².